The van der Waals surface area contributed by atoms with Gasteiger partial charge in [0.2, 0.25) is 10.0 Å². The van der Waals surface area contributed by atoms with Crippen LogP contribution in [0.4, 0.5) is 0 Å². The molecule has 2 rings (SSSR count). The maximum atomic E-state index is 12.4. The second-order valence-electron chi connectivity index (χ2n) is 5.81. The second-order valence-corrected chi connectivity index (χ2v) is 7.51. The van der Waals surface area contributed by atoms with Gasteiger partial charge in [0.15, 0.2) is 0 Å². The van der Waals surface area contributed by atoms with Crippen LogP contribution in [0.3, 0.4) is 0 Å². The highest BCUT2D eigenvalue weighted by atomic mass is 32.2. The summed E-state index contributed by atoms with van der Waals surface area (Å²) in [5.74, 6) is 0.495. The summed E-state index contributed by atoms with van der Waals surface area (Å²) in [4.78, 5) is 0.296. The summed E-state index contributed by atoms with van der Waals surface area (Å²) in [6.07, 6.45) is 3.45. The van der Waals surface area contributed by atoms with Gasteiger partial charge in [-0.05, 0) is 25.7 Å². The van der Waals surface area contributed by atoms with E-state index in [-0.39, 0.29) is 6.04 Å². The molecule has 3 N–H and O–H groups in total. The first-order chi connectivity index (χ1) is 9.40. The third-order valence-electron chi connectivity index (χ3n) is 3.69. The molecule has 0 spiro atoms. The molecule has 1 aliphatic carbocycles. The van der Waals surface area contributed by atoms with Crippen LogP contribution in [-0.4, -0.2) is 31.2 Å². The first-order valence-electron chi connectivity index (χ1n) is 7.17. The third kappa shape index (κ3) is 3.59. The van der Waals surface area contributed by atoms with E-state index in [1.54, 1.807) is 6.92 Å². The van der Waals surface area contributed by atoms with Crippen LogP contribution in [-0.2, 0) is 16.6 Å². The predicted molar refractivity (Wildman–Crippen MR) is 77.8 cm³/mol. The predicted octanol–water partition coefficient (Wildman–Crippen LogP) is 1.29. The van der Waals surface area contributed by atoms with Crippen LogP contribution in [0.25, 0.3) is 0 Å². The van der Waals surface area contributed by atoms with Crippen LogP contribution < -0.4 is 10.0 Å². The maximum Gasteiger partial charge on any atom is 0.244 e. The molecule has 1 aromatic rings. The van der Waals surface area contributed by atoms with E-state index >= 15 is 0 Å². The Labute approximate surface area is 120 Å². The Hall–Kier alpha value is -0.920. The van der Waals surface area contributed by atoms with Crippen molar-refractivity contribution >= 4 is 10.0 Å². The molecule has 0 saturated heterocycles. The molecule has 0 unspecified atom stereocenters. The molecule has 1 aromatic heterocycles. The molecule has 1 saturated carbocycles. The van der Waals surface area contributed by atoms with Crippen LogP contribution in [0, 0.1) is 12.8 Å². The zero-order valence-corrected chi connectivity index (χ0v) is 13.2. The molecule has 114 valence electrons. The number of hydrogen-bond donors (Lipinski definition) is 3. The number of aryl methyl sites for hydroxylation is 1. The van der Waals surface area contributed by atoms with Crippen molar-refractivity contribution in [3.05, 3.63) is 11.4 Å². The van der Waals surface area contributed by atoms with Gasteiger partial charge in [-0.25, -0.2) is 13.1 Å². The Morgan fingerprint density at radius 3 is 2.65 bits per heavy atom. The number of sulfonamides is 1. The molecule has 6 nitrogen and oxygen atoms in total. The average Bonchev–Trinajstić information content (AvgIpc) is 2.66. The molecule has 20 heavy (non-hydrogen) atoms. The monoisotopic (exact) mass is 300 g/mol. The summed E-state index contributed by atoms with van der Waals surface area (Å²) in [7, 11) is -3.48. The van der Waals surface area contributed by atoms with Gasteiger partial charge >= 0.3 is 0 Å². The molecule has 7 heteroatoms. The number of nitrogens with zero attached hydrogens (tertiary/aromatic N) is 1. The number of hydrogen-bond acceptors (Lipinski definition) is 4. The molecule has 0 atom stereocenters. The second kappa shape index (κ2) is 6.24. The van der Waals surface area contributed by atoms with E-state index in [4.69, 9.17) is 0 Å². The van der Waals surface area contributed by atoms with Crippen molar-refractivity contribution in [3.63, 3.8) is 0 Å². The highest BCUT2D eigenvalue weighted by Gasteiger charge is 2.26. The molecule has 1 fully saturated rings. The van der Waals surface area contributed by atoms with E-state index in [0.717, 1.165) is 12.8 Å². The fourth-order valence-electron chi connectivity index (χ4n) is 2.24. The zero-order valence-electron chi connectivity index (χ0n) is 12.4. The quantitative estimate of drug-likeness (QED) is 0.708. The van der Waals surface area contributed by atoms with Crippen LogP contribution in [0.1, 0.15) is 44.5 Å². The number of nitrogens with one attached hydrogen (secondary N) is 3. The first kappa shape index (κ1) is 15.5. The Balaban J connectivity index is 2.10. The topological polar surface area (TPSA) is 86.9 Å². The Kier molecular flexibility index (Phi) is 4.82. The zero-order chi connectivity index (χ0) is 14.8. The van der Waals surface area contributed by atoms with E-state index in [0.29, 0.717) is 35.3 Å². The highest BCUT2D eigenvalue weighted by Crippen LogP contribution is 2.26. The van der Waals surface area contributed by atoms with E-state index in [9.17, 15) is 8.42 Å². The number of aromatic nitrogens is 2. The van der Waals surface area contributed by atoms with Gasteiger partial charge in [-0.15, -0.1) is 0 Å². The minimum Gasteiger partial charge on any atom is -0.309 e. The van der Waals surface area contributed by atoms with E-state index < -0.39 is 10.0 Å². The van der Waals surface area contributed by atoms with Crippen LogP contribution in [0.5, 0.6) is 0 Å². The number of H-pyrrole nitrogens is 1. The molecule has 1 heterocycles. The van der Waals surface area contributed by atoms with Crippen LogP contribution in [0.2, 0.25) is 0 Å². The van der Waals surface area contributed by atoms with Crippen LogP contribution >= 0.6 is 0 Å². The summed E-state index contributed by atoms with van der Waals surface area (Å²) in [6.45, 7) is 6.75. The SMILES string of the molecule is Cc1[nH]nc(CNC(C)C)c1S(=O)(=O)NCC1CCC1. The van der Waals surface area contributed by atoms with Gasteiger partial charge in [-0.1, -0.05) is 20.3 Å². The van der Waals surface area contributed by atoms with Crippen molar-refractivity contribution in [2.24, 2.45) is 5.92 Å². The minimum atomic E-state index is -3.48. The van der Waals surface area contributed by atoms with Gasteiger partial charge in [0, 0.05) is 19.1 Å². The highest BCUT2D eigenvalue weighted by molar-refractivity contribution is 7.89. The Bertz CT molecular complexity index is 547. The summed E-state index contributed by atoms with van der Waals surface area (Å²) in [6, 6.07) is 0.283. The largest absolute Gasteiger partial charge is 0.309 e. The fraction of sp³-hybridized carbons (Fsp3) is 0.769. The molecule has 0 aromatic carbocycles. The van der Waals surface area contributed by atoms with Crippen molar-refractivity contribution in [2.45, 2.75) is 57.5 Å². The lowest BCUT2D eigenvalue weighted by Gasteiger charge is -2.25. The van der Waals surface area contributed by atoms with Crippen molar-refractivity contribution < 1.29 is 8.42 Å². The summed E-state index contributed by atoms with van der Waals surface area (Å²) < 4.78 is 27.6. The minimum absolute atomic E-state index is 0.283. The van der Waals surface area contributed by atoms with Gasteiger partial charge in [-0.3, -0.25) is 5.10 Å². The standard InChI is InChI=1S/C13H24N4O2S/c1-9(2)14-8-12-13(10(3)16-17-12)20(18,19)15-7-11-5-4-6-11/h9,11,14-15H,4-8H2,1-3H3,(H,16,17). The van der Waals surface area contributed by atoms with Gasteiger partial charge in [0.1, 0.15) is 4.90 Å². The summed E-state index contributed by atoms with van der Waals surface area (Å²) >= 11 is 0. The molecule has 1 aliphatic rings. The Morgan fingerprint density at radius 1 is 1.40 bits per heavy atom. The third-order valence-corrected chi connectivity index (χ3v) is 5.32. The molecule has 0 aliphatic heterocycles. The van der Waals surface area contributed by atoms with E-state index in [1.165, 1.54) is 6.42 Å². The molecule has 0 amide bonds. The molecule has 0 bridgehead atoms. The van der Waals surface area contributed by atoms with Crippen molar-refractivity contribution in [3.8, 4) is 0 Å². The maximum absolute atomic E-state index is 12.4. The summed E-state index contributed by atoms with van der Waals surface area (Å²) in [5.41, 5.74) is 1.14. The first-order valence-corrected chi connectivity index (χ1v) is 8.65. The van der Waals surface area contributed by atoms with Crippen LogP contribution in [0.15, 0.2) is 4.90 Å². The van der Waals surface area contributed by atoms with Gasteiger partial charge in [0.05, 0.1) is 11.4 Å². The molecule has 0 radical (unpaired) electrons. The summed E-state index contributed by atoms with van der Waals surface area (Å²) in [5, 5.41) is 10.1. The van der Waals surface area contributed by atoms with Crippen molar-refractivity contribution in [1.29, 1.82) is 0 Å². The van der Waals surface area contributed by atoms with Crippen molar-refractivity contribution in [1.82, 2.24) is 20.2 Å². The van der Waals surface area contributed by atoms with E-state index in [2.05, 4.69) is 20.2 Å². The van der Waals surface area contributed by atoms with Gasteiger partial charge in [0.25, 0.3) is 0 Å². The number of aromatic amines is 1. The average molecular weight is 300 g/mol. The lowest BCUT2D eigenvalue weighted by molar-refractivity contribution is 0.316. The molecular formula is C13H24N4O2S. The van der Waals surface area contributed by atoms with Gasteiger partial charge < -0.3 is 5.32 Å². The van der Waals surface area contributed by atoms with Gasteiger partial charge in [-0.2, -0.15) is 5.10 Å². The fourth-order valence-corrected chi connectivity index (χ4v) is 3.72. The Morgan fingerprint density at radius 2 is 2.10 bits per heavy atom. The van der Waals surface area contributed by atoms with E-state index in [1.807, 2.05) is 13.8 Å². The smallest absolute Gasteiger partial charge is 0.244 e. The van der Waals surface area contributed by atoms with Crippen molar-refractivity contribution in [2.75, 3.05) is 6.54 Å². The molecular weight excluding hydrogens is 276 g/mol. The number of rotatable bonds is 7. The normalized spacial score (nSPS) is 16.6. The lowest BCUT2D eigenvalue weighted by atomic mass is 9.86. The lowest BCUT2D eigenvalue weighted by Crippen LogP contribution is -2.33.